The Morgan fingerprint density at radius 1 is 1.69 bits per heavy atom. The summed E-state index contributed by atoms with van der Waals surface area (Å²) in [5.41, 5.74) is 0.187. The molecule has 1 aliphatic heterocycles. The molecule has 13 heavy (non-hydrogen) atoms. The van der Waals surface area contributed by atoms with Crippen LogP contribution in [-0.2, 0) is 0 Å². The van der Waals surface area contributed by atoms with Gasteiger partial charge in [-0.2, -0.15) is 5.26 Å². The van der Waals surface area contributed by atoms with Crippen molar-refractivity contribution < 1.29 is 0 Å². The molecule has 1 aliphatic rings. The number of likely N-dealkylation sites (tertiary alicyclic amines) is 1. The van der Waals surface area contributed by atoms with Crippen molar-refractivity contribution in [3.8, 4) is 6.07 Å². The monoisotopic (exact) mass is 178 g/mol. The van der Waals surface area contributed by atoms with Crippen molar-refractivity contribution in [2.45, 2.75) is 20.3 Å². The molecule has 0 aromatic rings. The largest absolute Gasteiger partial charge is 0.298 e. The first-order valence-electron chi connectivity index (χ1n) is 4.83. The van der Waals surface area contributed by atoms with Crippen molar-refractivity contribution in [1.82, 2.24) is 4.90 Å². The average molecular weight is 178 g/mol. The number of nitrogens with zero attached hydrogens (tertiary/aromatic N) is 2. The van der Waals surface area contributed by atoms with E-state index < -0.39 is 0 Å². The number of hydrogen-bond donors (Lipinski definition) is 0. The van der Waals surface area contributed by atoms with Gasteiger partial charge in [-0.15, -0.1) is 6.58 Å². The summed E-state index contributed by atoms with van der Waals surface area (Å²) in [6, 6.07) is 2.41. The molecule has 0 spiro atoms. The van der Waals surface area contributed by atoms with Crippen LogP contribution in [-0.4, -0.2) is 24.5 Å². The predicted molar refractivity (Wildman–Crippen MR) is 54.1 cm³/mol. The van der Waals surface area contributed by atoms with E-state index in [0.29, 0.717) is 0 Å². The quantitative estimate of drug-likeness (QED) is 0.605. The zero-order valence-corrected chi connectivity index (χ0v) is 8.58. The SMILES string of the molecule is C=CCN1CCC(C)(C)C(C#N)C1. The molecule has 0 amide bonds. The fourth-order valence-electron chi connectivity index (χ4n) is 1.78. The summed E-state index contributed by atoms with van der Waals surface area (Å²) in [4.78, 5) is 2.30. The molecule has 1 fully saturated rings. The molecule has 2 heteroatoms. The molecule has 72 valence electrons. The summed E-state index contributed by atoms with van der Waals surface area (Å²) in [7, 11) is 0. The number of rotatable bonds is 2. The Morgan fingerprint density at radius 2 is 2.38 bits per heavy atom. The van der Waals surface area contributed by atoms with Crippen LogP contribution in [0.5, 0.6) is 0 Å². The minimum Gasteiger partial charge on any atom is -0.298 e. The van der Waals surface area contributed by atoms with Crippen molar-refractivity contribution in [1.29, 1.82) is 5.26 Å². The second kappa shape index (κ2) is 3.93. The molecule has 2 nitrogen and oxygen atoms in total. The molecule has 0 aliphatic carbocycles. The zero-order chi connectivity index (χ0) is 9.90. The van der Waals surface area contributed by atoms with E-state index in [9.17, 15) is 0 Å². The Labute approximate surface area is 80.8 Å². The standard InChI is InChI=1S/C11H18N2/c1-4-6-13-7-5-11(2,3)10(8-12)9-13/h4,10H,1,5-7,9H2,2-3H3. The van der Waals surface area contributed by atoms with E-state index >= 15 is 0 Å². The maximum absolute atomic E-state index is 9.01. The fraction of sp³-hybridized carbons (Fsp3) is 0.727. The van der Waals surface area contributed by atoms with Crippen molar-refractivity contribution >= 4 is 0 Å². The molecular formula is C11H18N2. The molecule has 1 rings (SSSR count). The molecule has 1 atom stereocenters. The fourth-order valence-corrected chi connectivity index (χ4v) is 1.78. The van der Waals surface area contributed by atoms with Crippen LogP contribution in [0.2, 0.25) is 0 Å². The van der Waals surface area contributed by atoms with Gasteiger partial charge in [-0.1, -0.05) is 19.9 Å². The van der Waals surface area contributed by atoms with Crippen LogP contribution in [0.1, 0.15) is 20.3 Å². The zero-order valence-electron chi connectivity index (χ0n) is 8.58. The van der Waals surface area contributed by atoms with Crippen LogP contribution >= 0.6 is 0 Å². The van der Waals surface area contributed by atoms with Gasteiger partial charge in [0.25, 0.3) is 0 Å². The lowest BCUT2D eigenvalue weighted by molar-refractivity contribution is 0.0999. The van der Waals surface area contributed by atoms with Crippen LogP contribution < -0.4 is 0 Å². The highest BCUT2D eigenvalue weighted by Crippen LogP contribution is 2.34. The molecule has 1 unspecified atom stereocenters. The Balaban J connectivity index is 2.59. The van der Waals surface area contributed by atoms with E-state index in [1.807, 2.05) is 6.08 Å². The van der Waals surface area contributed by atoms with Crippen molar-refractivity contribution in [2.75, 3.05) is 19.6 Å². The predicted octanol–water partition coefficient (Wildman–Crippen LogP) is 2.04. The van der Waals surface area contributed by atoms with Gasteiger partial charge in [0.2, 0.25) is 0 Å². The summed E-state index contributed by atoms with van der Waals surface area (Å²) >= 11 is 0. The van der Waals surface area contributed by atoms with Gasteiger partial charge < -0.3 is 0 Å². The Bertz CT molecular complexity index is 225. The average Bonchev–Trinajstić information content (AvgIpc) is 2.08. The van der Waals surface area contributed by atoms with E-state index in [1.54, 1.807) is 0 Å². The highest BCUT2D eigenvalue weighted by atomic mass is 15.1. The van der Waals surface area contributed by atoms with Crippen LogP contribution in [0.3, 0.4) is 0 Å². The van der Waals surface area contributed by atoms with Crippen molar-refractivity contribution in [2.24, 2.45) is 11.3 Å². The lowest BCUT2D eigenvalue weighted by atomic mass is 9.74. The van der Waals surface area contributed by atoms with Crippen molar-refractivity contribution in [3.05, 3.63) is 12.7 Å². The maximum atomic E-state index is 9.01. The Kier molecular flexibility index (Phi) is 3.11. The molecule has 0 aromatic heterocycles. The topological polar surface area (TPSA) is 27.0 Å². The van der Waals surface area contributed by atoms with Gasteiger partial charge in [0.1, 0.15) is 0 Å². The molecule has 0 radical (unpaired) electrons. The Morgan fingerprint density at radius 3 is 2.92 bits per heavy atom. The third kappa shape index (κ3) is 2.32. The highest BCUT2D eigenvalue weighted by molar-refractivity contribution is 4.99. The van der Waals surface area contributed by atoms with E-state index in [2.05, 4.69) is 31.4 Å². The molecule has 1 heterocycles. The van der Waals surface area contributed by atoms with E-state index in [1.165, 1.54) is 0 Å². The highest BCUT2D eigenvalue weighted by Gasteiger charge is 2.34. The Hall–Kier alpha value is -0.810. The van der Waals surface area contributed by atoms with Crippen LogP contribution in [0.4, 0.5) is 0 Å². The number of piperidine rings is 1. The summed E-state index contributed by atoms with van der Waals surface area (Å²) in [6.07, 6.45) is 3.02. The summed E-state index contributed by atoms with van der Waals surface area (Å²) < 4.78 is 0. The summed E-state index contributed by atoms with van der Waals surface area (Å²) in [5, 5.41) is 9.01. The third-order valence-electron chi connectivity index (χ3n) is 3.00. The smallest absolute Gasteiger partial charge is 0.0674 e. The lowest BCUT2D eigenvalue weighted by Gasteiger charge is -2.40. The van der Waals surface area contributed by atoms with E-state index in [4.69, 9.17) is 5.26 Å². The molecular weight excluding hydrogens is 160 g/mol. The van der Waals surface area contributed by atoms with Gasteiger partial charge >= 0.3 is 0 Å². The number of nitriles is 1. The molecule has 0 N–H and O–H groups in total. The van der Waals surface area contributed by atoms with Gasteiger partial charge in [0.15, 0.2) is 0 Å². The molecule has 1 saturated heterocycles. The van der Waals surface area contributed by atoms with Gasteiger partial charge in [-0.05, 0) is 18.4 Å². The van der Waals surface area contributed by atoms with Gasteiger partial charge in [-0.3, -0.25) is 4.90 Å². The molecule has 0 bridgehead atoms. The van der Waals surface area contributed by atoms with E-state index in [-0.39, 0.29) is 11.3 Å². The van der Waals surface area contributed by atoms with Gasteiger partial charge in [-0.25, -0.2) is 0 Å². The van der Waals surface area contributed by atoms with Crippen LogP contribution in [0, 0.1) is 22.7 Å². The first kappa shape index (κ1) is 10.3. The van der Waals surface area contributed by atoms with Crippen molar-refractivity contribution in [3.63, 3.8) is 0 Å². The maximum Gasteiger partial charge on any atom is 0.0674 e. The first-order valence-corrected chi connectivity index (χ1v) is 4.83. The normalized spacial score (nSPS) is 27.9. The summed E-state index contributed by atoms with van der Waals surface area (Å²) in [5.74, 6) is 0.168. The first-order chi connectivity index (χ1) is 6.10. The second-order valence-electron chi connectivity index (χ2n) is 4.47. The van der Waals surface area contributed by atoms with Gasteiger partial charge in [0, 0.05) is 13.1 Å². The second-order valence-corrected chi connectivity index (χ2v) is 4.47. The van der Waals surface area contributed by atoms with Crippen LogP contribution in [0.25, 0.3) is 0 Å². The number of hydrogen-bond acceptors (Lipinski definition) is 2. The minimum absolute atomic E-state index is 0.168. The molecule has 0 aromatic carbocycles. The van der Waals surface area contributed by atoms with E-state index in [0.717, 1.165) is 26.1 Å². The summed E-state index contributed by atoms with van der Waals surface area (Å²) in [6.45, 7) is 11.0. The van der Waals surface area contributed by atoms with Crippen LogP contribution in [0.15, 0.2) is 12.7 Å². The lowest BCUT2D eigenvalue weighted by Crippen LogP contribution is -2.44. The third-order valence-corrected chi connectivity index (χ3v) is 3.00. The molecule has 0 saturated carbocycles. The van der Waals surface area contributed by atoms with Gasteiger partial charge in [0.05, 0.1) is 12.0 Å². The minimum atomic E-state index is 0.168.